The lowest BCUT2D eigenvalue weighted by atomic mass is 10.0. The van der Waals surface area contributed by atoms with Crippen LogP contribution in [0.5, 0.6) is 0 Å². The summed E-state index contributed by atoms with van der Waals surface area (Å²) in [5.41, 5.74) is -0.412. The molecule has 0 unspecified atom stereocenters. The van der Waals surface area contributed by atoms with E-state index in [0.29, 0.717) is 25.9 Å². The monoisotopic (exact) mass is 201 g/mol. The van der Waals surface area contributed by atoms with Gasteiger partial charge < -0.3 is 14.7 Å². The van der Waals surface area contributed by atoms with Crippen molar-refractivity contribution in [1.29, 1.82) is 0 Å². The molecule has 1 aliphatic heterocycles. The zero-order valence-corrected chi connectivity index (χ0v) is 9.12. The Morgan fingerprint density at radius 1 is 1.64 bits per heavy atom. The molecular formula is C10H19NO3. The first-order chi connectivity index (χ1) is 6.44. The predicted molar refractivity (Wildman–Crippen MR) is 52.9 cm³/mol. The third-order valence-corrected chi connectivity index (χ3v) is 2.65. The number of hydrogen-bond acceptors (Lipinski definition) is 3. The number of nitrogens with zero attached hydrogens (tertiary/aromatic N) is 1. The molecule has 0 saturated carbocycles. The standard InChI is InChI=1S/C10H19NO3/c1-10(2,14-3)6-9(13)11-5-4-8(12)7-11/h8,12H,4-7H2,1-3H3/t8-/m1/s1. The Morgan fingerprint density at radius 3 is 2.71 bits per heavy atom. The molecule has 0 aromatic carbocycles. The second kappa shape index (κ2) is 4.28. The fourth-order valence-corrected chi connectivity index (χ4v) is 1.52. The molecule has 4 heteroatoms. The Balaban J connectivity index is 2.43. The normalized spacial score (nSPS) is 22.9. The molecule has 0 aromatic heterocycles. The SMILES string of the molecule is COC(C)(C)CC(=O)N1CC[C@@H](O)C1. The second-order valence-corrected chi connectivity index (χ2v) is 4.42. The van der Waals surface area contributed by atoms with Crippen molar-refractivity contribution in [2.75, 3.05) is 20.2 Å². The van der Waals surface area contributed by atoms with Gasteiger partial charge in [0.1, 0.15) is 0 Å². The van der Waals surface area contributed by atoms with Gasteiger partial charge in [0.05, 0.1) is 18.1 Å². The number of aliphatic hydroxyl groups excluding tert-OH is 1. The zero-order valence-electron chi connectivity index (χ0n) is 9.12. The van der Waals surface area contributed by atoms with Crippen molar-refractivity contribution in [3.8, 4) is 0 Å². The van der Waals surface area contributed by atoms with Crippen LogP contribution < -0.4 is 0 Å². The van der Waals surface area contributed by atoms with Gasteiger partial charge in [-0.25, -0.2) is 0 Å². The summed E-state index contributed by atoms with van der Waals surface area (Å²) >= 11 is 0. The summed E-state index contributed by atoms with van der Waals surface area (Å²) in [4.78, 5) is 13.4. The Hall–Kier alpha value is -0.610. The van der Waals surface area contributed by atoms with Crippen LogP contribution in [0.15, 0.2) is 0 Å². The molecular weight excluding hydrogens is 182 g/mol. The highest BCUT2D eigenvalue weighted by Crippen LogP contribution is 2.17. The first-order valence-corrected chi connectivity index (χ1v) is 4.95. The lowest BCUT2D eigenvalue weighted by Gasteiger charge is -2.25. The molecule has 0 aromatic rings. The number of carbonyl (C=O) groups excluding carboxylic acids is 1. The second-order valence-electron chi connectivity index (χ2n) is 4.42. The minimum atomic E-state index is -0.412. The van der Waals surface area contributed by atoms with Gasteiger partial charge in [-0.3, -0.25) is 4.79 Å². The first kappa shape index (κ1) is 11.5. The van der Waals surface area contributed by atoms with Gasteiger partial charge in [0, 0.05) is 20.2 Å². The van der Waals surface area contributed by atoms with Crippen LogP contribution >= 0.6 is 0 Å². The summed E-state index contributed by atoms with van der Waals surface area (Å²) in [6.07, 6.45) is 0.722. The van der Waals surface area contributed by atoms with Crippen LogP contribution in [0.3, 0.4) is 0 Å². The molecule has 1 rings (SSSR count). The van der Waals surface area contributed by atoms with Crippen LogP contribution in [0.1, 0.15) is 26.7 Å². The molecule has 0 radical (unpaired) electrons. The number of amides is 1. The Labute approximate surface area is 84.8 Å². The molecule has 1 fully saturated rings. The van der Waals surface area contributed by atoms with Gasteiger partial charge in [0.25, 0.3) is 0 Å². The number of carbonyl (C=O) groups is 1. The number of rotatable bonds is 3. The van der Waals surface area contributed by atoms with E-state index in [2.05, 4.69) is 0 Å². The summed E-state index contributed by atoms with van der Waals surface area (Å²) in [6.45, 7) is 4.91. The first-order valence-electron chi connectivity index (χ1n) is 4.95. The average molecular weight is 201 g/mol. The lowest BCUT2D eigenvalue weighted by molar-refractivity contribution is -0.135. The van der Waals surface area contributed by atoms with E-state index >= 15 is 0 Å². The number of likely N-dealkylation sites (tertiary alicyclic amines) is 1. The Morgan fingerprint density at radius 2 is 2.29 bits per heavy atom. The molecule has 4 nitrogen and oxygen atoms in total. The summed E-state index contributed by atoms with van der Waals surface area (Å²) in [7, 11) is 1.60. The van der Waals surface area contributed by atoms with Gasteiger partial charge in [-0.1, -0.05) is 0 Å². The third-order valence-electron chi connectivity index (χ3n) is 2.65. The molecule has 1 heterocycles. The van der Waals surface area contributed by atoms with Crippen LogP contribution in [0, 0.1) is 0 Å². The summed E-state index contributed by atoms with van der Waals surface area (Å²) in [5, 5.41) is 9.28. The summed E-state index contributed by atoms with van der Waals surface area (Å²) in [6, 6.07) is 0. The largest absolute Gasteiger partial charge is 0.391 e. The van der Waals surface area contributed by atoms with Crippen LogP contribution in [0.25, 0.3) is 0 Å². The van der Waals surface area contributed by atoms with Crippen LogP contribution in [0.4, 0.5) is 0 Å². The van der Waals surface area contributed by atoms with Crippen molar-refractivity contribution < 1.29 is 14.6 Å². The van der Waals surface area contributed by atoms with E-state index in [4.69, 9.17) is 4.74 Å². The lowest BCUT2D eigenvalue weighted by Crippen LogP contribution is -2.36. The molecule has 82 valence electrons. The van der Waals surface area contributed by atoms with Gasteiger partial charge in [-0.2, -0.15) is 0 Å². The van der Waals surface area contributed by atoms with Gasteiger partial charge in [0.2, 0.25) is 5.91 Å². The minimum Gasteiger partial charge on any atom is -0.391 e. The smallest absolute Gasteiger partial charge is 0.225 e. The highest BCUT2D eigenvalue weighted by atomic mass is 16.5. The van der Waals surface area contributed by atoms with E-state index in [0.717, 1.165) is 0 Å². The maximum atomic E-state index is 11.7. The van der Waals surface area contributed by atoms with Crippen LogP contribution in [-0.4, -0.2) is 47.8 Å². The van der Waals surface area contributed by atoms with Crippen LogP contribution in [0.2, 0.25) is 0 Å². The number of methoxy groups -OCH3 is 1. The van der Waals surface area contributed by atoms with Crippen molar-refractivity contribution in [1.82, 2.24) is 4.90 Å². The number of hydrogen-bond donors (Lipinski definition) is 1. The van der Waals surface area contributed by atoms with Gasteiger partial charge in [-0.15, -0.1) is 0 Å². The van der Waals surface area contributed by atoms with E-state index in [1.165, 1.54) is 0 Å². The maximum Gasteiger partial charge on any atom is 0.225 e. The van der Waals surface area contributed by atoms with Crippen molar-refractivity contribution in [2.45, 2.75) is 38.4 Å². The van der Waals surface area contributed by atoms with Crippen molar-refractivity contribution in [3.05, 3.63) is 0 Å². The van der Waals surface area contributed by atoms with Gasteiger partial charge in [0.15, 0.2) is 0 Å². The molecule has 1 saturated heterocycles. The molecule has 0 aliphatic carbocycles. The van der Waals surface area contributed by atoms with Crippen LogP contribution in [-0.2, 0) is 9.53 Å². The summed E-state index contributed by atoms with van der Waals surface area (Å²) in [5.74, 6) is 0.0633. The molecule has 0 bridgehead atoms. The van der Waals surface area contributed by atoms with Gasteiger partial charge in [-0.05, 0) is 20.3 Å². The number of β-amino-alcohol motifs (C(OH)–C–C–N with tert-alkyl or cyclic N) is 1. The Kier molecular flexibility index (Phi) is 3.50. The van der Waals surface area contributed by atoms with E-state index in [-0.39, 0.29) is 12.0 Å². The van der Waals surface area contributed by atoms with E-state index in [9.17, 15) is 9.90 Å². The molecule has 1 N–H and O–H groups in total. The summed E-state index contributed by atoms with van der Waals surface area (Å²) < 4.78 is 5.18. The predicted octanol–water partition coefficient (Wildman–Crippen LogP) is 0.395. The molecule has 1 aliphatic rings. The van der Waals surface area contributed by atoms with E-state index in [1.807, 2.05) is 13.8 Å². The highest BCUT2D eigenvalue weighted by molar-refractivity contribution is 5.77. The molecule has 1 atom stereocenters. The minimum absolute atomic E-state index is 0.0633. The van der Waals surface area contributed by atoms with Gasteiger partial charge >= 0.3 is 0 Å². The highest BCUT2D eigenvalue weighted by Gasteiger charge is 2.29. The zero-order chi connectivity index (χ0) is 10.8. The fourth-order valence-electron chi connectivity index (χ4n) is 1.52. The molecule has 1 amide bonds. The number of ether oxygens (including phenoxy) is 1. The molecule has 0 spiro atoms. The molecule has 14 heavy (non-hydrogen) atoms. The quantitative estimate of drug-likeness (QED) is 0.719. The van der Waals surface area contributed by atoms with Crippen molar-refractivity contribution >= 4 is 5.91 Å². The van der Waals surface area contributed by atoms with E-state index in [1.54, 1.807) is 12.0 Å². The topological polar surface area (TPSA) is 49.8 Å². The number of aliphatic hydroxyl groups is 1. The third kappa shape index (κ3) is 2.96. The fraction of sp³-hybridized carbons (Fsp3) is 0.900. The van der Waals surface area contributed by atoms with E-state index < -0.39 is 5.60 Å². The van der Waals surface area contributed by atoms with Crippen molar-refractivity contribution in [3.63, 3.8) is 0 Å². The Bertz CT molecular complexity index is 215. The van der Waals surface area contributed by atoms with Crippen molar-refractivity contribution in [2.24, 2.45) is 0 Å². The maximum absolute atomic E-state index is 11.7. The average Bonchev–Trinajstić information content (AvgIpc) is 2.51.